The zero-order valence-corrected chi connectivity index (χ0v) is 15.9. The highest BCUT2D eigenvalue weighted by atomic mass is 35.5. The van der Waals surface area contributed by atoms with Gasteiger partial charge in [0.2, 0.25) is 0 Å². The van der Waals surface area contributed by atoms with Crippen LogP contribution in [0.2, 0.25) is 5.02 Å². The molecule has 5 heteroatoms. The summed E-state index contributed by atoms with van der Waals surface area (Å²) in [6.45, 7) is 9.72. The second-order valence-corrected chi connectivity index (χ2v) is 8.72. The van der Waals surface area contributed by atoms with Crippen molar-refractivity contribution >= 4 is 40.5 Å². The molecular weight excluding hydrogens is 334 g/mol. The minimum absolute atomic E-state index is 0.00689. The molecule has 2 heterocycles. The molecule has 1 aliphatic rings. The van der Waals surface area contributed by atoms with E-state index in [1.54, 1.807) is 23.9 Å². The van der Waals surface area contributed by atoms with E-state index in [1.165, 1.54) is 16.2 Å². The number of thiophene rings is 1. The van der Waals surface area contributed by atoms with Crippen molar-refractivity contribution in [3.63, 3.8) is 0 Å². The predicted octanol–water partition coefficient (Wildman–Crippen LogP) is 6.16. The minimum Gasteiger partial charge on any atom is -0.342 e. The number of hydrogen-bond acceptors (Lipinski definition) is 4. The average molecular weight is 356 g/mol. The Balaban J connectivity index is 2.23. The van der Waals surface area contributed by atoms with Gasteiger partial charge >= 0.3 is 0 Å². The maximum atomic E-state index is 12.4. The summed E-state index contributed by atoms with van der Waals surface area (Å²) in [6.07, 6.45) is 6.17. The van der Waals surface area contributed by atoms with Gasteiger partial charge in [0.1, 0.15) is 0 Å². The molecule has 2 nitrogen and oxygen atoms in total. The van der Waals surface area contributed by atoms with Crippen molar-refractivity contribution in [1.29, 1.82) is 0 Å². The molecule has 0 amide bonds. The number of carbonyl (C=O) groups excluding carboxylic acids is 1. The lowest BCUT2D eigenvalue weighted by atomic mass is 9.96. The third-order valence-electron chi connectivity index (χ3n) is 3.36. The number of thioether (sulfide) groups is 1. The van der Waals surface area contributed by atoms with E-state index in [4.69, 9.17) is 11.6 Å². The first-order valence-corrected chi connectivity index (χ1v) is 9.56. The molecule has 0 saturated heterocycles. The molecule has 0 unspecified atom stereocenters. The SMILES string of the molecule is CCCCN1C=C(C(C)(C)C)S/C1=C\C(=O)c1sccc1Cl. The molecule has 2 rings (SSSR count). The van der Waals surface area contributed by atoms with Gasteiger partial charge in [0.25, 0.3) is 0 Å². The van der Waals surface area contributed by atoms with Crippen LogP contribution in [0.25, 0.3) is 0 Å². The monoisotopic (exact) mass is 355 g/mol. The number of hydrogen-bond donors (Lipinski definition) is 0. The fraction of sp³-hybridized carbons (Fsp3) is 0.471. The van der Waals surface area contributed by atoms with Crippen molar-refractivity contribution in [3.8, 4) is 0 Å². The van der Waals surface area contributed by atoms with Gasteiger partial charge in [-0.25, -0.2) is 0 Å². The van der Waals surface area contributed by atoms with Crippen LogP contribution < -0.4 is 0 Å². The van der Waals surface area contributed by atoms with Crippen LogP contribution in [0, 0.1) is 5.41 Å². The summed E-state index contributed by atoms with van der Waals surface area (Å²) in [4.78, 5) is 16.6. The fourth-order valence-corrected chi connectivity index (χ4v) is 4.21. The van der Waals surface area contributed by atoms with Crippen LogP contribution >= 0.6 is 34.7 Å². The Morgan fingerprint density at radius 3 is 2.68 bits per heavy atom. The molecule has 0 aliphatic carbocycles. The van der Waals surface area contributed by atoms with E-state index in [-0.39, 0.29) is 11.2 Å². The Hall–Kier alpha value is -0.710. The Labute approximate surface area is 146 Å². The number of allylic oxidation sites excluding steroid dienone is 2. The molecule has 0 radical (unpaired) electrons. The van der Waals surface area contributed by atoms with Crippen molar-refractivity contribution in [1.82, 2.24) is 4.90 Å². The van der Waals surface area contributed by atoms with Gasteiger partial charge in [-0.1, -0.05) is 57.5 Å². The highest BCUT2D eigenvalue weighted by Crippen LogP contribution is 2.45. The maximum Gasteiger partial charge on any atom is 0.199 e. The predicted molar refractivity (Wildman–Crippen MR) is 98.5 cm³/mol. The Morgan fingerprint density at radius 2 is 2.14 bits per heavy atom. The molecule has 22 heavy (non-hydrogen) atoms. The number of carbonyl (C=O) groups is 1. The fourth-order valence-electron chi connectivity index (χ4n) is 2.01. The van der Waals surface area contributed by atoms with E-state index in [0.29, 0.717) is 9.90 Å². The molecule has 0 spiro atoms. The molecule has 1 aromatic heterocycles. The van der Waals surface area contributed by atoms with Crippen molar-refractivity contribution in [2.45, 2.75) is 40.5 Å². The molecule has 0 atom stereocenters. The summed E-state index contributed by atoms with van der Waals surface area (Å²) < 4.78 is 0. The van der Waals surface area contributed by atoms with Crippen LogP contribution in [-0.4, -0.2) is 17.2 Å². The number of halogens is 1. The first kappa shape index (κ1) is 17.6. The number of rotatable bonds is 5. The van der Waals surface area contributed by atoms with Crippen LogP contribution in [0.1, 0.15) is 50.2 Å². The second-order valence-electron chi connectivity index (χ2n) is 6.34. The quantitative estimate of drug-likeness (QED) is 0.465. The van der Waals surface area contributed by atoms with Gasteiger partial charge in [-0.05, 0) is 23.3 Å². The standard InChI is InChI=1S/C17H22ClNOS2/c1-5-6-8-19-11-14(17(2,3)4)22-15(19)10-13(20)16-12(18)7-9-21-16/h7,9-11H,5-6,8H2,1-4H3/b15-10-. The molecule has 120 valence electrons. The zero-order valence-electron chi connectivity index (χ0n) is 13.5. The number of ketones is 1. The topological polar surface area (TPSA) is 20.3 Å². The largest absolute Gasteiger partial charge is 0.342 e. The van der Waals surface area contributed by atoms with Gasteiger partial charge in [0.15, 0.2) is 5.78 Å². The van der Waals surface area contributed by atoms with E-state index in [0.717, 1.165) is 24.4 Å². The normalized spacial score (nSPS) is 17.2. The van der Waals surface area contributed by atoms with E-state index in [1.807, 2.05) is 5.38 Å². The van der Waals surface area contributed by atoms with Crippen LogP contribution in [0.4, 0.5) is 0 Å². The third-order valence-corrected chi connectivity index (χ3v) is 6.21. The summed E-state index contributed by atoms with van der Waals surface area (Å²) >= 11 is 9.16. The lowest BCUT2D eigenvalue weighted by molar-refractivity contribution is 0.104. The number of unbranched alkanes of at least 4 members (excludes halogenated alkanes) is 1. The van der Waals surface area contributed by atoms with Crippen molar-refractivity contribution < 1.29 is 4.79 Å². The smallest absolute Gasteiger partial charge is 0.199 e. The van der Waals surface area contributed by atoms with E-state index < -0.39 is 0 Å². The van der Waals surface area contributed by atoms with Gasteiger partial charge in [0, 0.05) is 23.7 Å². The van der Waals surface area contributed by atoms with Crippen LogP contribution in [0.3, 0.4) is 0 Å². The second kappa shape index (κ2) is 7.24. The summed E-state index contributed by atoms with van der Waals surface area (Å²) in [5.41, 5.74) is 0.0916. The molecule has 0 saturated carbocycles. The average Bonchev–Trinajstić information content (AvgIpc) is 3.02. The highest BCUT2D eigenvalue weighted by Gasteiger charge is 2.28. The molecule has 1 aromatic rings. The van der Waals surface area contributed by atoms with Gasteiger partial charge in [-0.15, -0.1) is 11.3 Å². The summed E-state index contributed by atoms with van der Waals surface area (Å²) in [5, 5.41) is 3.40. The van der Waals surface area contributed by atoms with Gasteiger partial charge < -0.3 is 4.90 Å². The zero-order chi connectivity index (χ0) is 16.3. The van der Waals surface area contributed by atoms with Crippen LogP contribution in [-0.2, 0) is 0 Å². The third kappa shape index (κ3) is 4.18. The first-order valence-electron chi connectivity index (χ1n) is 7.48. The van der Waals surface area contributed by atoms with E-state index in [2.05, 4.69) is 38.8 Å². The van der Waals surface area contributed by atoms with Crippen molar-refractivity contribution in [2.75, 3.05) is 6.54 Å². The van der Waals surface area contributed by atoms with Crippen molar-refractivity contribution in [3.05, 3.63) is 43.6 Å². The molecule has 0 bridgehead atoms. The summed E-state index contributed by atoms with van der Waals surface area (Å²) in [7, 11) is 0. The van der Waals surface area contributed by atoms with Crippen molar-refractivity contribution in [2.24, 2.45) is 5.41 Å². The van der Waals surface area contributed by atoms with Crippen LogP contribution in [0.5, 0.6) is 0 Å². The molecule has 1 aliphatic heterocycles. The van der Waals surface area contributed by atoms with Crippen LogP contribution in [0.15, 0.2) is 33.7 Å². The summed E-state index contributed by atoms with van der Waals surface area (Å²) in [5.74, 6) is -0.00689. The lowest BCUT2D eigenvalue weighted by Gasteiger charge is -2.17. The first-order chi connectivity index (χ1) is 10.3. The Bertz CT molecular complexity index is 610. The molecular formula is C17H22ClNOS2. The molecule has 0 N–H and O–H groups in total. The Morgan fingerprint density at radius 1 is 1.41 bits per heavy atom. The summed E-state index contributed by atoms with van der Waals surface area (Å²) in [6, 6.07) is 1.77. The minimum atomic E-state index is -0.00689. The highest BCUT2D eigenvalue weighted by molar-refractivity contribution is 8.07. The van der Waals surface area contributed by atoms with Gasteiger partial charge in [-0.2, -0.15) is 0 Å². The number of nitrogens with zero attached hydrogens (tertiary/aromatic N) is 1. The molecule has 0 aromatic carbocycles. The Kier molecular flexibility index (Phi) is 5.81. The van der Waals surface area contributed by atoms with Gasteiger partial charge in [-0.3, -0.25) is 4.79 Å². The van der Waals surface area contributed by atoms with E-state index in [9.17, 15) is 4.79 Å². The maximum absolute atomic E-state index is 12.4. The van der Waals surface area contributed by atoms with E-state index >= 15 is 0 Å². The molecule has 0 fully saturated rings. The van der Waals surface area contributed by atoms with Gasteiger partial charge in [0.05, 0.1) is 14.9 Å². The lowest BCUT2D eigenvalue weighted by Crippen LogP contribution is -2.14.